The van der Waals surface area contributed by atoms with Crippen LogP contribution in [0.4, 0.5) is 20.7 Å². The molecule has 7 heteroatoms. The van der Waals surface area contributed by atoms with Crippen molar-refractivity contribution in [2.24, 2.45) is 0 Å². The molecular weight excluding hydrogens is 359 g/mol. The first-order valence-electron chi connectivity index (χ1n) is 9.05. The lowest BCUT2D eigenvalue weighted by Gasteiger charge is -2.11. The van der Waals surface area contributed by atoms with Crippen LogP contribution in [0, 0.1) is 12.7 Å². The van der Waals surface area contributed by atoms with Crippen molar-refractivity contribution < 1.29 is 9.18 Å². The minimum Gasteiger partial charge on any atom is -0.308 e. The molecule has 0 atom stereocenters. The number of aryl methyl sites for hydroxylation is 3. The second-order valence-corrected chi connectivity index (χ2v) is 6.80. The summed E-state index contributed by atoms with van der Waals surface area (Å²) in [6.07, 6.45) is 6.21. The minimum absolute atomic E-state index is 0.104. The van der Waals surface area contributed by atoms with E-state index in [0.717, 1.165) is 24.9 Å². The lowest BCUT2D eigenvalue weighted by Crippen LogP contribution is -2.28. The van der Waals surface area contributed by atoms with Crippen LogP contribution >= 0.6 is 0 Å². The summed E-state index contributed by atoms with van der Waals surface area (Å²) >= 11 is 0. The van der Waals surface area contributed by atoms with Gasteiger partial charge in [-0.2, -0.15) is 0 Å². The van der Waals surface area contributed by atoms with Gasteiger partial charge in [-0.25, -0.2) is 14.2 Å². The molecular formula is C21H19FN4O2. The van der Waals surface area contributed by atoms with E-state index < -0.39 is 17.4 Å². The molecule has 2 aromatic carbocycles. The van der Waals surface area contributed by atoms with Crippen LogP contribution in [0.3, 0.4) is 0 Å². The molecule has 4 rings (SSSR count). The van der Waals surface area contributed by atoms with Crippen LogP contribution in [0.15, 0.2) is 53.6 Å². The Hall–Kier alpha value is -3.48. The van der Waals surface area contributed by atoms with Gasteiger partial charge < -0.3 is 5.32 Å². The average molecular weight is 378 g/mol. The number of aromatic nitrogens is 2. The Morgan fingerprint density at radius 3 is 2.75 bits per heavy atom. The molecule has 0 fully saturated rings. The maximum Gasteiger partial charge on any atom is 0.325 e. The fraction of sp³-hybridized carbons (Fsp3) is 0.190. The second-order valence-electron chi connectivity index (χ2n) is 6.80. The number of nitrogens with zero attached hydrogens (tertiary/aromatic N) is 2. The number of anilines is 2. The number of hydrogen-bond donors (Lipinski definition) is 2. The first-order chi connectivity index (χ1) is 13.5. The van der Waals surface area contributed by atoms with E-state index in [4.69, 9.17) is 0 Å². The Morgan fingerprint density at radius 1 is 1.11 bits per heavy atom. The van der Waals surface area contributed by atoms with Gasteiger partial charge >= 0.3 is 6.03 Å². The van der Waals surface area contributed by atoms with E-state index in [1.165, 1.54) is 28.0 Å². The largest absolute Gasteiger partial charge is 0.325 e. The van der Waals surface area contributed by atoms with Crippen LogP contribution in [0.2, 0.25) is 0 Å². The van der Waals surface area contributed by atoms with E-state index in [1.807, 2.05) is 18.2 Å². The molecule has 2 amide bonds. The lowest BCUT2D eigenvalue weighted by atomic mass is 10.1. The highest BCUT2D eigenvalue weighted by Gasteiger charge is 2.14. The molecule has 1 aliphatic carbocycles. The first kappa shape index (κ1) is 17.9. The van der Waals surface area contributed by atoms with Crippen molar-refractivity contribution in [3.8, 4) is 5.69 Å². The van der Waals surface area contributed by atoms with E-state index in [2.05, 4.69) is 15.6 Å². The van der Waals surface area contributed by atoms with Crippen molar-refractivity contribution in [3.63, 3.8) is 0 Å². The molecule has 1 heterocycles. The van der Waals surface area contributed by atoms with Gasteiger partial charge in [0.15, 0.2) is 0 Å². The predicted molar refractivity (Wildman–Crippen MR) is 106 cm³/mol. The van der Waals surface area contributed by atoms with Crippen molar-refractivity contribution in [1.29, 1.82) is 0 Å². The molecule has 0 radical (unpaired) electrons. The summed E-state index contributed by atoms with van der Waals surface area (Å²) < 4.78 is 15.1. The molecule has 0 spiro atoms. The Labute approximate surface area is 161 Å². The molecule has 6 nitrogen and oxygen atoms in total. The van der Waals surface area contributed by atoms with Crippen LogP contribution in [0.25, 0.3) is 5.69 Å². The predicted octanol–water partition coefficient (Wildman–Crippen LogP) is 3.81. The summed E-state index contributed by atoms with van der Waals surface area (Å²) in [6, 6.07) is 9.63. The molecule has 0 unspecified atom stereocenters. The summed E-state index contributed by atoms with van der Waals surface area (Å²) in [5.74, 6) is -0.525. The van der Waals surface area contributed by atoms with Gasteiger partial charge in [0.2, 0.25) is 5.82 Å². The Kier molecular flexibility index (Phi) is 4.65. The zero-order chi connectivity index (χ0) is 19.7. The summed E-state index contributed by atoms with van der Waals surface area (Å²) in [5.41, 5.74) is 3.62. The zero-order valence-electron chi connectivity index (χ0n) is 15.3. The Morgan fingerprint density at radius 2 is 1.93 bits per heavy atom. The number of amides is 2. The normalized spacial score (nSPS) is 12.5. The van der Waals surface area contributed by atoms with E-state index in [0.29, 0.717) is 5.56 Å². The van der Waals surface area contributed by atoms with Crippen molar-refractivity contribution >= 4 is 17.5 Å². The number of carbonyl (C=O) groups excluding carboxylic acids is 1. The maximum absolute atomic E-state index is 13.6. The van der Waals surface area contributed by atoms with E-state index in [1.54, 1.807) is 25.3 Å². The molecule has 0 saturated heterocycles. The lowest BCUT2D eigenvalue weighted by molar-refractivity contribution is 0.262. The topological polar surface area (TPSA) is 76.0 Å². The molecule has 0 aliphatic heterocycles. The van der Waals surface area contributed by atoms with Crippen molar-refractivity contribution in [2.75, 3.05) is 10.6 Å². The third-order valence-corrected chi connectivity index (χ3v) is 4.86. The van der Waals surface area contributed by atoms with Crippen molar-refractivity contribution in [1.82, 2.24) is 9.55 Å². The van der Waals surface area contributed by atoms with Gasteiger partial charge in [0.25, 0.3) is 5.56 Å². The summed E-state index contributed by atoms with van der Waals surface area (Å²) in [4.78, 5) is 28.9. The van der Waals surface area contributed by atoms with Gasteiger partial charge in [0, 0.05) is 23.8 Å². The monoisotopic (exact) mass is 378 g/mol. The minimum atomic E-state index is -0.667. The number of rotatable bonds is 3. The quantitative estimate of drug-likeness (QED) is 0.728. The average Bonchev–Trinajstić information content (AvgIpc) is 3.14. The van der Waals surface area contributed by atoms with Gasteiger partial charge in [-0.15, -0.1) is 0 Å². The Balaban J connectivity index is 1.56. The maximum atomic E-state index is 13.6. The highest BCUT2D eigenvalue weighted by molar-refractivity contribution is 5.99. The second kappa shape index (κ2) is 7.26. The number of hydrogen-bond acceptors (Lipinski definition) is 3. The van der Waals surface area contributed by atoms with Crippen molar-refractivity contribution in [3.05, 3.63) is 81.7 Å². The number of benzene rings is 2. The van der Waals surface area contributed by atoms with Gasteiger partial charge in [-0.05, 0) is 67.1 Å². The van der Waals surface area contributed by atoms with Gasteiger partial charge in [0.05, 0.1) is 0 Å². The van der Waals surface area contributed by atoms with Crippen LogP contribution in [0.5, 0.6) is 0 Å². The van der Waals surface area contributed by atoms with Crippen LogP contribution in [0.1, 0.15) is 23.1 Å². The number of urea groups is 1. The van der Waals surface area contributed by atoms with E-state index in [9.17, 15) is 14.0 Å². The standard InChI is InChI=1S/C21H19FN4O2/c1-13-5-7-16(12-18(13)22)24-21(28)25-19-20(27)26(10-9-23-19)17-8-6-14-3-2-4-15(14)11-17/h5-12H,2-4H2,1H3,(H2,23,24,25,28). The molecule has 3 aromatic rings. The number of carbonyl (C=O) groups is 1. The third-order valence-electron chi connectivity index (χ3n) is 4.86. The summed E-state index contributed by atoms with van der Waals surface area (Å²) in [5, 5.41) is 4.94. The molecule has 2 N–H and O–H groups in total. The van der Waals surface area contributed by atoms with Crippen LogP contribution < -0.4 is 16.2 Å². The summed E-state index contributed by atoms with van der Waals surface area (Å²) in [7, 11) is 0. The summed E-state index contributed by atoms with van der Waals surface area (Å²) in [6.45, 7) is 1.63. The van der Waals surface area contributed by atoms with Gasteiger partial charge in [-0.3, -0.25) is 14.7 Å². The SMILES string of the molecule is Cc1ccc(NC(=O)Nc2nccn(-c3ccc4c(c3)CCC4)c2=O)cc1F. The molecule has 1 aromatic heterocycles. The highest BCUT2D eigenvalue weighted by atomic mass is 19.1. The third kappa shape index (κ3) is 3.51. The van der Waals surface area contributed by atoms with Gasteiger partial charge in [0.1, 0.15) is 5.82 Å². The first-order valence-corrected chi connectivity index (χ1v) is 9.05. The molecule has 0 saturated carbocycles. The number of halogens is 1. The number of fused-ring (bicyclic) bond motifs is 1. The van der Waals surface area contributed by atoms with E-state index in [-0.39, 0.29) is 11.5 Å². The molecule has 0 bridgehead atoms. The van der Waals surface area contributed by atoms with Gasteiger partial charge in [-0.1, -0.05) is 12.1 Å². The molecule has 1 aliphatic rings. The Bertz CT molecular complexity index is 1120. The highest BCUT2D eigenvalue weighted by Crippen LogP contribution is 2.24. The molecule has 28 heavy (non-hydrogen) atoms. The van der Waals surface area contributed by atoms with Crippen LogP contribution in [-0.2, 0) is 12.8 Å². The number of nitrogens with one attached hydrogen (secondary N) is 2. The fourth-order valence-electron chi connectivity index (χ4n) is 3.35. The van der Waals surface area contributed by atoms with E-state index >= 15 is 0 Å². The smallest absolute Gasteiger partial charge is 0.308 e. The zero-order valence-corrected chi connectivity index (χ0v) is 15.3. The molecule has 142 valence electrons. The fourth-order valence-corrected chi connectivity index (χ4v) is 3.35. The van der Waals surface area contributed by atoms with Crippen LogP contribution in [-0.4, -0.2) is 15.6 Å². The van der Waals surface area contributed by atoms with Crippen molar-refractivity contribution in [2.45, 2.75) is 26.2 Å².